The molecule has 1 atom stereocenters. The average molecular weight is 412 g/mol. The Morgan fingerprint density at radius 3 is 2.30 bits per heavy atom. The van der Waals surface area contributed by atoms with E-state index in [0.29, 0.717) is 18.5 Å². The standard InChI is InChI=1S/C22H21FN2O5/c1-2-3-4-13-24-19(14-5-9-16(23)10-6-14)18(21(27)22(24)28)20(26)15-7-11-17(12-8-15)25(29)30/h5-12,19,26H,2-4,13H2,1H3/b20-18-. The lowest BCUT2D eigenvalue weighted by atomic mass is 9.95. The zero-order valence-electron chi connectivity index (χ0n) is 16.4. The normalized spacial score (nSPS) is 18.1. The molecule has 1 amide bonds. The number of benzene rings is 2. The number of hydrogen-bond donors (Lipinski definition) is 1. The number of aliphatic hydroxyl groups excluding tert-OH is 1. The molecule has 1 unspecified atom stereocenters. The van der Waals surface area contributed by atoms with Crippen LogP contribution in [-0.4, -0.2) is 33.2 Å². The fraction of sp³-hybridized carbons (Fsp3) is 0.273. The fourth-order valence-electron chi connectivity index (χ4n) is 3.53. The van der Waals surface area contributed by atoms with Gasteiger partial charge in [-0.3, -0.25) is 19.7 Å². The molecule has 0 saturated carbocycles. The third-order valence-electron chi connectivity index (χ3n) is 5.08. The van der Waals surface area contributed by atoms with Crippen molar-refractivity contribution < 1.29 is 24.0 Å². The number of nitro groups is 1. The first kappa shape index (κ1) is 21.2. The summed E-state index contributed by atoms with van der Waals surface area (Å²) in [5.41, 5.74) is 0.397. The Morgan fingerprint density at radius 1 is 1.10 bits per heavy atom. The van der Waals surface area contributed by atoms with Crippen LogP contribution in [0.1, 0.15) is 43.4 Å². The second kappa shape index (κ2) is 8.86. The lowest BCUT2D eigenvalue weighted by Gasteiger charge is -2.25. The van der Waals surface area contributed by atoms with Crippen molar-refractivity contribution in [2.45, 2.75) is 32.2 Å². The zero-order valence-corrected chi connectivity index (χ0v) is 16.4. The fourth-order valence-corrected chi connectivity index (χ4v) is 3.53. The molecule has 1 aliphatic heterocycles. The molecule has 0 bridgehead atoms. The van der Waals surface area contributed by atoms with Crippen molar-refractivity contribution >= 4 is 23.1 Å². The van der Waals surface area contributed by atoms with Gasteiger partial charge in [-0.25, -0.2) is 4.39 Å². The number of unbranched alkanes of at least 4 members (excludes halogenated alkanes) is 2. The SMILES string of the molecule is CCCCCN1C(=O)C(=O)/C(=C(\O)c2ccc([N+](=O)[O-])cc2)C1c1ccc(F)cc1. The van der Waals surface area contributed by atoms with E-state index in [1.807, 2.05) is 6.92 Å². The van der Waals surface area contributed by atoms with Crippen molar-refractivity contribution in [3.05, 3.63) is 81.2 Å². The van der Waals surface area contributed by atoms with Crippen LogP contribution in [0.15, 0.2) is 54.1 Å². The van der Waals surface area contributed by atoms with Crippen molar-refractivity contribution in [1.82, 2.24) is 4.90 Å². The molecule has 1 N–H and O–H groups in total. The monoisotopic (exact) mass is 412 g/mol. The minimum Gasteiger partial charge on any atom is -0.507 e. The summed E-state index contributed by atoms with van der Waals surface area (Å²) >= 11 is 0. The third-order valence-corrected chi connectivity index (χ3v) is 5.08. The van der Waals surface area contributed by atoms with E-state index >= 15 is 0 Å². The van der Waals surface area contributed by atoms with Gasteiger partial charge in [0.05, 0.1) is 16.5 Å². The van der Waals surface area contributed by atoms with Gasteiger partial charge in [0.1, 0.15) is 11.6 Å². The van der Waals surface area contributed by atoms with Gasteiger partial charge in [-0.2, -0.15) is 0 Å². The molecule has 7 nitrogen and oxygen atoms in total. The van der Waals surface area contributed by atoms with Crippen molar-refractivity contribution in [2.75, 3.05) is 6.54 Å². The van der Waals surface area contributed by atoms with Gasteiger partial charge in [-0.05, 0) is 36.2 Å². The van der Waals surface area contributed by atoms with Crippen LogP contribution in [-0.2, 0) is 9.59 Å². The summed E-state index contributed by atoms with van der Waals surface area (Å²) < 4.78 is 13.4. The molecule has 1 aliphatic rings. The summed E-state index contributed by atoms with van der Waals surface area (Å²) in [7, 11) is 0. The number of carbonyl (C=O) groups excluding carboxylic acids is 2. The van der Waals surface area contributed by atoms with Gasteiger partial charge in [0.2, 0.25) is 0 Å². The Balaban J connectivity index is 2.09. The van der Waals surface area contributed by atoms with E-state index in [2.05, 4.69) is 0 Å². The summed E-state index contributed by atoms with van der Waals surface area (Å²) in [6, 6.07) is 9.60. The summed E-state index contributed by atoms with van der Waals surface area (Å²) in [6.07, 6.45) is 2.47. The molecule has 2 aromatic rings. The van der Waals surface area contributed by atoms with E-state index in [0.717, 1.165) is 12.8 Å². The Labute approximate surface area is 172 Å². The van der Waals surface area contributed by atoms with Crippen molar-refractivity contribution in [3.63, 3.8) is 0 Å². The molecule has 0 aromatic heterocycles. The molecule has 0 aliphatic carbocycles. The Hall–Kier alpha value is -3.55. The lowest BCUT2D eigenvalue weighted by Crippen LogP contribution is -2.30. The molecule has 3 rings (SSSR count). The van der Waals surface area contributed by atoms with Crippen molar-refractivity contribution in [1.29, 1.82) is 0 Å². The van der Waals surface area contributed by atoms with E-state index in [-0.39, 0.29) is 16.8 Å². The number of amides is 1. The van der Waals surface area contributed by atoms with Crippen LogP contribution in [0.25, 0.3) is 5.76 Å². The van der Waals surface area contributed by atoms with Crippen LogP contribution in [0, 0.1) is 15.9 Å². The van der Waals surface area contributed by atoms with Crippen LogP contribution in [0.4, 0.5) is 10.1 Å². The summed E-state index contributed by atoms with van der Waals surface area (Å²) in [4.78, 5) is 37.2. The van der Waals surface area contributed by atoms with E-state index in [1.165, 1.54) is 53.4 Å². The molecule has 0 radical (unpaired) electrons. The molecular weight excluding hydrogens is 391 g/mol. The number of Topliss-reactive ketones (excluding diaryl/α,β-unsaturated/α-hetero) is 1. The van der Waals surface area contributed by atoms with E-state index < -0.39 is 34.2 Å². The highest BCUT2D eigenvalue weighted by molar-refractivity contribution is 6.46. The van der Waals surface area contributed by atoms with Crippen LogP contribution in [0.5, 0.6) is 0 Å². The topological polar surface area (TPSA) is 101 Å². The number of halogens is 1. The number of rotatable bonds is 7. The summed E-state index contributed by atoms with van der Waals surface area (Å²) in [5, 5.41) is 21.7. The Bertz CT molecular complexity index is 999. The largest absolute Gasteiger partial charge is 0.507 e. The van der Waals surface area contributed by atoms with Gasteiger partial charge >= 0.3 is 0 Å². The maximum Gasteiger partial charge on any atom is 0.295 e. The minimum atomic E-state index is -0.863. The van der Waals surface area contributed by atoms with Gasteiger partial charge in [-0.15, -0.1) is 0 Å². The lowest BCUT2D eigenvalue weighted by molar-refractivity contribution is -0.384. The summed E-state index contributed by atoms with van der Waals surface area (Å²) in [5.74, 6) is -2.45. The quantitative estimate of drug-likeness (QED) is 0.182. The average Bonchev–Trinajstić information content (AvgIpc) is 2.99. The second-order valence-electron chi connectivity index (χ2n) is 7.06. The number of nitro benzene ring substituents is 1. The van der Waals surface area contributed by atoms with Crippen LogP contribution >= 0.6 is 0 Å². The molecule has 8 heteroatoms. The van der Waals surface area contributed by atoms with Gasteiger partial charge in [0, 0.05) is 24.2 Å². The third kappa shape index (κ3) is 4.07. The first-order valence-corrected chi connectivity index (χ1v) is 9.63. The first-order chi connectivity index (χ1) is 14.3. The van der Waals surface area contributed by atoms with Gasteiger partial charge in [-0.1, -0.05) is 31.9 Å². The van der Waals surface area contributed by atoms with E-state index in [1.54, 1.807) is 0 Å². The van der Waals surface area contributed by atoms with Gasteiger partial charge in [0.15, 0.2) is 0 Å². The molecule has 30 heavy (non-hydrogen) atoms. The van der Waals surface area contributed by atoms with E-state index in [4.69, 9.17) is 0 Å². The van der Waals surface area contributed by atoms with E-state index in [9.17, 15) is 29.2 Å². The highest BCUT2D eigenvalue weighted by Crippen LogP contribution is 2.39. The Morgan fingerprint density at radius 2 is 1.73 bits per heavy atom. The second-order valence-corrected chi connectivity index (χ2v) is 7.06. The molecule has 2 aromatic carbocycles. The smallest absolute Gasteiger partial charge is 0.295 e. The molecule has 1 fully saturated rings. The van der Waals surface area contributed by atoms with Crippen molar-refractivity contribution in [3.8, 4) is 0 Å². The van der Waals surface area contributed by atoms with Crippen molar-refractivity contribution in [2.24, 2.45) is 0 Å². The summed E-state index contributed by atoms with van der Waals surface area (Å²) in [6.45, 7) is 2.33. The number of aliphatic hydroxyl groups is 1. The highest BCUT2D eigenvalue weighted by Gasteiger charge is 2.45. The number of non-ortho nitro benzene ring substituents is 1. The van der Waals surface area contributed by atoms with Crippen LogP contribution in [0.2, 0.25) is 0 Å². The predicted octanol–water partition coefficient (Wildman–Crippen LogP) is 4.35. The number of likely N-dealkylation sites (tertiary alicyclic amines) is 1. The van der Waals surface area contributed by atoms with Crippen LogP contribution < -0.4 is 0 Å². The predicted molar refractivity (Wildman–Crippen MR) is 108 cm³/mol. The molecule has 1 saturated heterocycles. The van der Waals surface area contributed by atoms with Gasteiger partial charge in [0.25, 0.3) is 17.4 Å². The van der Waals surface area contributed by atoms with Crippen LogP contribution in [0.3, 0.4) is 0 Å². The minimum absolute atomic E-state index is 0.114. The number of carbonyl (C=O) groups is 2. The molecular formula is C22H21FN2O5. The highest BCUT2D eigenvalue weighted by atomic mass is 19.1. The van der Waals surface area contributed by atoms with Gasteiger partial charge < -0.3 is 10.0 Å². The first-order valence-electron chi connectivity index (χ1n) is 9.63. The maximum absolute atomic E-state index is 13.4. The number of nitrogens with zero attached hydrogens (tertiary/aromatic N) is 2. The number of ketones is 1. The molecule has 1 heterocycles. The maximum atomic E-state index is 13.4. The molecule has 0 spiro atoms. The Kier molecular flexibility index (Phi) is 6.25. The number of hydrogen-bond acceptors (Lipinski definition) is 5. The zero-order chi connectivity index (χ0) is 21.8. The molecule has 156 valence electrons.